The number of amides is 1. The predicted molar refractivity (Wildman–Crippen MR) is 91.4 cm³/mol. The van der Waals surface area contributed by atoms with Gasteiger partial charge in [-0.1, -0.05) is 12.1 Å². The number of fused-ring (bicyclic) bond motifs is 1. The molecule has 120 valence electrons. The third-order valence-corrected chi connectivity index (χ3v) is 4.18. The molecule has 1 aromatic carbocycles. The van der Waals surface area contributed by atoms with Crippen LogP contribution in [0.1, 0.15) is 27.7 Å². The highest BCUT2D eigenvalue weighted by atomic mass is 16.2. The Hall–Kier alpha value is -3.15. The van der Waals surface area contributed by atoms with E-state index in [0.29, 0.717) is 5.56 Å². The molecule has 0 bridgehead atoms. The topological polar surface area (TPSA) is 71.8 Å². The Kier molecular flexibility index (Phi) is 3.30. The lowest BCUT2D eigenvalue weighted by atomic mass is 10.0. The van der Waals surface area contributed by atoms with E-state index in [1.165, 1.54) is 0 Å². The highest BCUT2D eigenvalue weighted by Gasteiger charge is 2.28. The van der Waals surface area contributed by atoms with Crippen LogP contribution >= 0.6 is 0 Å². The Labute approximate surface area is 139 Å². The molecule has 0 saturated carbocycles. The fourth-order valence-electron chi connectivity index (χ4n) is 3.09. The van der Waals surface area contributed by atoms with Crippen LogP contribution in [0, 0.1) is 6.92 Å². The lowest BCUT2D eigenvalue weighted by Gasteiger charge is -2.28. The molecular weight excluding hydrogens is 302 g/mol. The first kappa shape index (κ1) is 14.4. The second-order valence-electron chi connectivity index (χ2n) is 5.90. The molecule has 24 heavy (non-hydrogen) atoms. The smallest absolute Gasteiger partial charge is 0.255 e. The normalized spacial score (nSPS) is 16.2. The Bertz CT molecular complexity index is 916. The Morgan fingerprint density at radius 1 is 1.17 bits per heavy atom. The van der Waals surface area contributed by atoms with E-state index in [2.05, 4.69) is 20.7 Å². The highest BCUT2D eigenvalue weighted by Crippen LogP contribution is 2.32. The van der Waals surface area contributed by atoms with Gasteiger partial charge in [0.25, 0.3) is 5.91 Å². The van der Waals surface area contributed by atoms with Crippen LogP contribution < -0.4 is 10.6 Å². The first-order valence-corrected chi connectivity index (χ1v) is 7.74. The molecule has 1 amide bonds. The maximum absolute atomic E-state index is 12.6. The van der Waals surface area contributed by atoms with Crippen LogP contribution in [0.15, 0.2) is 48.9 Å². The van der Waals surface area contributed by atoms with Gasteiger partial charge < -0.3 is 10.6 Å². The monoisotopic (exact) mass is 319 g/mol. The number of aromatic nitrogens is 3. The summed E-state index contributed by atoms with van der Waals surface area (Å²) in [4.78, 5) is 16.7. The summed E-state index contributed by atoms with van der Waals surface area (Å²) in [5.41, 5.74) is 5.12. The Morgan fingerprint density at radius 2 is 2.04 bits per heavy atom. The second-order valence-corrected chi connectivity index (χ2v) is 5.90. The van der Waals surface area contributed by atoms with Crippen LogP contribution in [-0.2, 0) is 7.05 Å². The average Bonchev–Trinajstić information content (AvgIpc) is 2.97. The molecular formula is C18H17N5O. The van der Waals surface area contributed by atoms with Crippen LogP contribution in [0.4, 0.5) is 5.69 Å². The van der Waals surface area contributed by atoms with Crippen molar-refractivity contribution in [1.29, 1.82) is 0 Å². The summed E-state index contributed by atoms with van der Waals surface area (Å²) in [6, 6.07) is 9.64. The standard InChI is InChI=1S/C18H17N5O/c1-11-5-3-7-14-15(11)18(24)21-17(20-14)13-10-23(2)22-16(13)12-6-4-8-19-9-12/h3-10,17,20H,1-2H3,(H,21,24)/t17-/m1/s1. The van der Waals surface area contributed by atoms with Crippen molar-refractivity contribution in [3.63, 3.8) is 0 Å². The molecule has 6 heteroatoms. The molecule has 2 N–H and O–H groups in total. The van der Waals surface area contributed by atoms with Crippen molar-refractivity contribution in [1.82, 2.24) is 20.1 Å². The van der Waals surface area contributed by atoms with Gasteiger partial charge in [-0.3, -0.25) is 14.5 Å². The van der Waals surface area contributed by atoms with E-state index in [0.717, 1.165) is 28.1 Å². The van der Waals surface area contributed by atoms with Gasteiger partial charge in [0.15, 0.2) is 0 Å². The number of nitrogens with one attached hydrogen (secondary N) is 2. The van der Waals surface area contributed by atoms with Crippen LogP contribution in [0.2, 0.25) is 0 Å². The van der Waals surface area contributed by atoms with Crippen molar-refractivity contribution >= 4 is 11.6 Å². The molecule has 0 aliphatic carbocycles. The van der Waals surface area contributed by atoms with Gasteiger partial charge in [-0.2, -0.15) is 5.10 Å². The molecule has 1 aliphatic rings. The van der Waals surface area contributed by atoms with E-state index < -0.39 is 0 Å². The molecule has 0 saturated heterocycles. The van der Waals surface area contributed by atoms with Crippen molar-refractivity contribution < 1.29 is 4.79 Å². The van der Waals surface area contributed by atoms with Gasteiger partial charge in [0.2, 0.25) is 0 Å². The van der Waals surface area contributed by atoms with Crippen LogP contribution in [0.3, 0.4) is 0 Å². The molecule has 0 spiro atoms. The average molecular weight is 319 g/mol. The molecule has 3 aromatic rings. The van der Waals surface area contributed by atoms with Gasteiger partial charge in [-0.15, -0.1) is 0 Å². The van der Waals surface area contributed by atoms with Gasteiger partial charge in [0.05, 0.1) is 5.56 Å². The molecule has 1 atom stereocenters. The second kappa shape index (κ2) is 5.49. The number of nitrogens with zero attached hydrogens (tertiary/aromatic N) is 3. The van der Waals surface area contributed by atoms with Crippen molar-refractivity contribution in [2.24, 2.45) is 7.05 Å². The fraction of sp³-hybridized carbons (Fsp3) is 0.167. The molecule has 0 unspecified atom stereocenters. The number of pyridine rings is 1. The third-order valence-electron chi connectivity index (χ3n) is 4.18. The van der Waals surface area contributed by atoms with E-state index >= 15 is 0 Å². The van der Waals surface area contributed by atoms with E-state index in [1.54, 1.807) is 17.1 Å². The lowest BCUT2D eigenvalue weighted by molar-refractivity contribution is 0.0935. The Balaban J connectivity index is 1.78. The van der Waals surface area contributed by atoms with E-state index in [-0.39, 0.29) is 12.1 Å². The minimum absolute atomic E-state index is 0.0761. The highest BCUT2D eigenvalue weighted by molar-refractivity contribution is 6.03. The quantitative estimate of drug-likeness (QED) is 0.762. The summed E-state index contributed by atoms with van der Waals surface area (Å²) in [6.45, 7) is 1.94. The third kappa shape index (κ3) is 2.32. The molecule has 3 heterocycles. The first-order valence-electron chi connectivity index (χ1n) is 7.74. The van der Waals surface area contributed by atoms with Crippen molar-refractivity contribution in [3.8, 4) is 11.3 Å². The van der Waals surface area contributed by atoms with Crippen molar-refractivity contribution in [3.05, 3.63) is 65.6 Å². The molecule has 4 rings (SSSR count). The molecule has 0 fully saturated rings. The number of rotatable bonds is 2. The van der Waals surface area contributed by atoms with Crippen molar-refractivity contribution in [2.45, 2.75) is 13.1 Å². The number of anilines is 1. The van der Waals surface area contributed by atoms with E-state index in [9.17, 15) is 4.79 Å². The molecule has 2 aromatic heterocycles. The minimum Gasteiger partial charge on any atom is -0.361 e. The van der Waals surface area contributed by atoms with Gasteiger partial charge in [-0.25, -0.2) is 0 Å². The Morgan fingerprint density at radius 3 is 2.83 bits per heavy atom. The molecule has 0 radical (unpaired) electrons. The van der Waals surface area contributed by atoms with Crippen LogP contribution in [-0.4, -0.2) is 20.7 Å². The summed E-state index contributed by atoms with van der Waals surface area (Å²) < 4.78 is 1.75. The van der Waals surface area contributed by atoms with Crippen LogP contribution in [0.25, 0.3) is 11.3 Å². The molecule has 6 nitrogen and oxygen atoms in total. The first-order chi connectivity index (χ1) is 11.6. The fourth-order valence-corrected chi connectivity index (χ4v) is 3.09. The van der Waals surface area contributed by atoms with Crippen molar-refractivity contribution in [2.75, 3.05) is 5.32 Å². The van der Waals surface area contributed by atoms with Gasteiger partial charge in [-0.05, 0) is 30.7 Å². The number of carbonyl (C=O) groups is 1. The zero-order chi connectivity index (χ0) is 16.7. The lowest BCUT2D eigenvalue weighted by Crippen LogP contribution is -2.39. The minimum atomic E-state index is -0.337. The zero-order valence-corrected chi connectivity index (χ0v) is 13.4. The number of benzene rings is 1. The predicted octanol–water partition coefficient (Wildman–Crippen LogP) is 2.64. The maximum Gasteiger partial charge on any atom is 0.255 e. The summed E-state index contributed by atoms with van der Waals surface area (Å²) in [7, 11) is 1.87. The largest absolute Gasteiger partial charge is 0.361 e. The summed E-state index contributed by atoms with van der Waals surface area (Å²) >= 11 is 0. The van der Waals surface area contributed by atoms with Gasteiger partial charge in [0.1, 0.15) is 11.9 Å². The maximum atomic E-state index is 12.6. The molecule has 1 aliphatic heterocycles. The summed E-state index contributed by atoms with van der Waals surface area (Å²) in [5.74, 6) is -0.0761. The zero-order valence-electron chi connectivity index (χ0n) is 13.4. The number of hydrogen-bond acceptors (Lipinski definition) is 4. The number of carbonyl (C=O) groups excluding carboxylic acids is 1. The van der Waals surface area contributed by atoms with E-state index in [4.69, 9.17) is 0 Å². The van der Waals surface area contributed by atoms with Gasteiger partial charge in [0, 0.05) is 42.5 Å². The summed E-state index contributed by atoms with van der Waals surface area (Å²) in [6.07, 6.45) is 5.08. The SMILES string of the molecule is Cc1cccc2c1C(=O)N[C@H](c1cn(C)nc1-c1cccnc1)N2. The number of hydrogen-bond donors (Lipinski definition) is 2. The summed E-state index contributed by atoms with van der Waals surface area (Å²) in [5, 5.41) is 11.0. The van der Waals surface area contributed by atoms with Gasteiger partial charge >= 0.3 is 0 Å². The van der Waals surface area contributed by atoms with E-state index in [1.807, 2.05) is 50.5 Å². The number of aryl methyl sites for hydroxylation is 2. The van der Waals surface area contributed by atoms with Crippen LogP contribution in [0.5, 0.6) is 0 Å².